The Kier molecular flexibility index (Phi) is 7.24. The highest BCUT2D eigenvalue weighted by Crippen LogP contribution is 2.36. The molecule has 0 aliphatic heterocycles. The van der Waals surface area contributed by atoms with Crippen LogP contribution in [-0.2, 0) is 14.8 Å². The minimum atomic E-state index is -3.44. The van der Waals surface area contributed by atoms with Crippen LogP contribution in [0.4, 0.5) is 10.7 Å². The molecule has 0 bridgehead atoms. The van der Waals surface area contributed by atoms with Crippen molar-refractivity contribution < 1.29 is 22.7 Å². The molecule has 1 amide bonds. The monoisotopic (exact) mass is 528 g/mol. The van der Waals surface area contributed by atoms with Crippen LogP contribution in [0, 0.1) is 0 Å². The van der Waals surface area contributed by atoms with E-state index in [1.165, 1.54) is 11.3 Å². The zero-order chi connectivity index (χ0) is 25.0. The third kappa shape index (κ3) is 6.10. The lowest BCUT2D eigenvalue weighted by molar-refractivity contribution is 0.0528. The van der Waals surface area contributed by atoms with E-state index in [9.17, 15) is 18.0 Å². The van der Waals surface area contributed by atoms with E-state index in [-0.39, 0.29) is 17.2 Å². The first kappa shape index (κ1) is 24.5. The van der Waals surface area contributed by atoms with Gasteiger partial charge in [0.25, 0.3) is 5.91 Å². The molecule has 0 aliphatic carbocycles. The number of esters is 1. The summed E-state index contributed by atoms with van der Waals surface area (Å²) in [6, 6.07) is 17.8. The number of ether oxygens (including phenoxy) is 1. The third-order valence-corrected chi connectivity index (χ3v) is 7.22. The average molecular weight is 529 g/mol. The maximum Gasteiger partial charge on any atom is 0.341 e. The second kappa shape index (κ2) is 10.3. The molecule has 0 radical (unpaired) electrons. The maximum absolute atomic E-state index is 13.0. The molecule has 2 N–H and O–H groups in total. The van der Waals surface area contributed by atoms with E-state index in [2.05, 4.69) is 20.2 Å². The summed E-state index contributed by atoms with van der Waals surface area (Å²) in [4.78, 5) is 26.3. The van der Waals surface area contributed by atoms with Crippen molar-refractivity contribution in [3.8, 4) is 21.0 Å². The van der Waals surface area contributed by atoms with Gasteiger partial charge in [0.1, 0.15) is 10.0 Å². The van der Waals surface area contributed by atoms with Crippen molar-refractivity contribution in [3.05, 3.63) is 71.2 Å². The van der Waals surface area contributed by atoms with Gasteiger partial charge >= 0.3 is 5.97 Å². The SMILES string of the molecule is CCOC(=O)c1cc(-c2ccccc2)sc1NC(=O)c1nnc(-c2cccc(NS(C)(=O)=O)c2)s1. The summed E-state index contributed by atoms with van der Waals surface area (Å²) in [5, 5.41) is 11.7. The predicted molar refractivity (Wildman–Crippen MR) is 137 cm³/mol. The van der Waals surface area contributed by atoms with E-state index >= 15 is 0 Å². The summed E-state index contributed by atoms with van der Waals surface area (Å²) in [5.74, 6) is -1.06. The van der Waals surface area contributed by atoms with Crippen LogP contribution in [0.2, 0.25) is 0 Å². The third-order valence-electron chi connectivity index (χ3n) is 4.54. The minimum absolute atomic E-state index is 0.0888. The summed E-state index contributed by atoms with van der Waals surface area (Å²) < 4.78 is 30.6. The minimum Gasteiger partial charge on any atom is -0.462 e. The molecule has 180 valence electrons. The molecular weight excluding hydrogens is 508 g/mol. The molecular formula is C23H20N4O5S3. The van der Waals surface area contributed by atoms with Crippen LogP contribution >= 0.6 is 22.7 Å². The average Bonchev–Trinajstić information content (AvgIpc) is 3.47. The number of aromatic nitrogens is 2. The molecule has 0 fully saturated rings. The Balaban J connectivity index is 1.59. The first-order valence-electron chi connectivity index (χ1n) is 10.3. The summed E-state index contributed by atoms with van der Waals surface area (Å²) in [5.41, 5.74) is 2.14. The Morgan fingerprint density at radius 1 is 0.971 bits per heavy atom. The van der Waals surface area contributed by atoms with E-state index < -0.39 is 21.9 Å². The second-order valence-corrected chi connectivity index (χ2v) is 11.0. The van der Waals surface area contributed by atoms with Gasteiger partial charge in [-0.25, -0.2) is 13.2 Å². The number of hydrogen-bond donors (Lipinski definition) is 2. The molecule has 0 spiro atoms. The number of benzene rings is 2. The van der Waals surface area contributed by atoms with Crippen LogP contribution in [0.5, 0.6) is 0 Å². The van der Waals surface area contributed by atoms with Crippen molar-refractivity contribution in [2.24, 2.45) is 0 Å². The van der Waals surface area contributed by atoms with Crippen molar-refractivity contribution in [1.82, 2.24) is 10.2 Å². The highest BCUT2D eigenvalue weighted by atomic mass is 32.2. The first-order chi connectivity index (χ1) is 16.7. The summed E-state index contributed by atoms with van der Waals surface area (Å²) >= 11 is 2.30. The number of rotatable bonds is 8. The van der Waals surface area contributed by atoms with E-state index in [4.69, 9.17) is 4.74 Å². The van der Waals surface area contributed by atoms with Crippen molar-refractivity contribution in [3.63, 3.8) is 0 Å². The summed E-state index contributed by atoms with van der Waals surface area (Å²) in [7, 11) is -3.44. The number of carbonyl (C=O) groups is 2. The highest BCUT2D eigenvalue weighted by molar-refractivity contribution is 7.92. The van der Waals surface area contributed by atoms with Gasteiger partial charge < -0.3 is 10.1 Å². The molecule has 0 saturated carbocycles. The zero-order valence-electron chi connectivity index (χ0n) is 18.6. The van der Waals surface area contributed by atoms with Gasteiger partial charge in [0.05, 0.1) is 18.4 Å². The van der Waals surface area contributed by atoms with E-state index in [1.807, 2.05) is 30.3 Å². The van der Waals surface area contributed by atoms with Gasteiger partial charge in [-0.1, -0.05) is 53.8 Å². The Labute approximate surface area is 209 Å². The molecule has 2 heterocycles. The van der Waals surface area contributed by atoms with Crippen molar-refractivity contribution in [2.75, 3.05) is 22.9 Å². The Hall–Kier alpha value is -3.61. The molecule has 2 aromatic heterocycles. The standard InChI is InChI=1S/C23H20N4O5S3/c1-3-32-23(29)17-13-18(14-8-5-4-6-9-14)33-21(17)24-19(28)22-26-25-20(34-22)15-10-7-11-16(12-15)27-35(2,30)31/h4-13,27H,3H2,1-2H3,(H,24,28). The number of nitrogens with zero attached hydrogens (tertiary/aromatic N) is 2. The number of hydrogen-bond acceptors (Lipinski definition) is 9. The number of carbonyl (C=O) groups excluding carboxylic acids is 2. The normalized spacial score (nSPS) is 11.1. The zero-order valence-corrected chi connectivity index (χ0v) is 21.1. The van der Waals surface area contributed by atoms with Gasteiger partial charge in [-0.05, 0) is 30.7 Å². The van der Waals surface area contributed by atoms with Gasteiger partial charge in [-0.3, -0.25) is 9.52 Å². The molecule has 4 rings (SSSR count). The smallest absolute Gasteiger partial charge is 0.341 e. The number of sulfonamides is 1. The molecule has 0 atom stereocenters. The fourth-order valence-corrected chi connectivity index (χ4v) is 5.44. The molecule has 0 unspecified atom stereocenters. The molecule has 12 heteroatoms. The van der Waals surface area contributed by atoms with E-state index in [0.717, 1.165) is 28.0 Å². The van der Waals surface area contributed by atoms with Crippen LogP contribution in [-0.4, -0.2) is 43.4 Å². The van der Waals surface area contributed by atoms with Crippen LogP contribution in [0.25, 0.3) is 21.0 Å². The molecule has 4 aromatic rings. The first-order valence-corrected chi connectivity index (χ1v) is 13.9. The molecule has 2 aromatic carbocycles. The summed E-state index contributed by atoms with van der Waals surface area (Å²) in [6.07, 6.45) is 1.06. The number of anilines is 2. The van der Waals surface area contributed by atoms with Gasteiger partial charge in [0.2, 0.25) is 15.0 Å². The highest BCUT2D eigenvalue weighted by Gasteiger charge is 2.22. The van der Waals surface area contributed by atoms with Crippen LogP contribution in [0.1, 0.15) is 27.1 Å². The van der Waals surface area contributed by atoms with E-state index in [1.54, 1.807) is 37.3 Å². The Morgan fingerprint density at radius 3 is 2.43 bits per heavy atom. The van der Waals surface area contributed by atoms with Gasteiger partial charge in [0, 0.05) is 16.1 Å². The van der Waals surface area contributed by atoms with Crippen LogP contribution < -0.4 is 10.0 Å². The largest absolute Gasteiger partial charge is 0.462 e. The van der Waals surface area contributed by atoms with Gasteiger partial charge in [-0.2, -0.15) is 0 Å². The fraction of sp³-hybridized carbons (Fsp3) is 0.130. The van der Waals surface area contributed by atoms with Crippen LogP contribution in [0.15, 0.2) is 60.7 Å². The quantitative estimate of drug-likeness (QED) is 0.316. The summed E-state index contributed by atoms with van der Waals surface area (Å²) in [6.45, 7) is 1.92. The lowest BCUT2D eigenvalue weighted by Gasteiger charge is -2.04. The van der Waals surface area contributed by atoms with Crippen molar-refractivity contribution >= 4 is 55.3 Å². The molecule has 9 nitrogen and oxygen atoms in total. The molecule has 0 aliphatic rings. The molecule has 35 heavy (non-hydrogen) atoms. The number of amides is 1. The predicted octanol–water partition coefficient (Wildman–Crippen LogP) is 4.73. The Morgan fingerprint density at radius 2 is 1.71 bits per heavy atom. The molecule has 0 saturated heterocycles. The number of thiophene rings is 1. The number of nitrogens with one attached hydrogen (secondary N) is 2. The van der Waals surface area contributed by atoms with Gasteiger partial charge in [0.15, 0.2) is 0 Å². The van der Waals surface area contributed by atoms with Gasteiger partial charge in [-0.15, -0.1) is 21.5 Å². The second-order valence-electron chi connectivity index (χ2n) is 7.26. The topological polar surface area (TPSA) is 127 Å². The fourth-order valence-electron chi connectivity index (χ4n) is 3.11. The lowest BCUT2D eigenvalue weighted by Crippen LogP contribution is -2.14. The van der Waals surface area contributed by atoms with Crippen molar-refractivity contribution in [2.45, 2.75) is 6.92 Å². The van der Waals surface area contributed by atoms with E-state index in [0.29, 0.717) is 21.3 Å². The maximum atomic E-state index is 13.0. The van der Waals surface area contributed by atoms with Crippen molar-refractivity contribution in [1.29, 1.82) is 0 Å². The van der Waals surface area contributed by atoms with Crippen LogP contribution in [0.3, 0.4) is 0 Å². The Bertz CT molecular complexity index is 1480. The lowest BCUT2D eigenvalue weighted by atomic mass is 10.1.